The van der Waals surface area contributed by atoms with Gasteiger partial charge in [-0.25, -0.2) is 0 Å². The summed E-state index contributed by atoms with van der Waals surface area (Å²) in [6.07, 6.45) is 1.21. The molecule has 0 bridgehead atoms. The second kappa shape index (κ2) is 2.86. The second-order valence-corrected chi connectivity index (χ2v) is 3.22. The van der Waals surface area contributed by atoms with Gasteiger partial charge >= 0.3 is 0 Å². The Bertz CT molecular complexity index is 108. The highest BCUT2D eigenvalue weighted by Crippen LogP contribution is 2.20. The summed E-state index contributed by atoms with van der Waals surface area (Å²) in [6.45, 7) is 3.09. The molecule has 1 aliphatic heterocycles. The molecule has 0 aromatic rings. The quantitative estimate of drug-likeness (QED) is 0.569. The van der Waals surface area contributed by atoms with E-state index in [1.54, 1.807) is 6.92 Å². The average Bonchev–Trinajstić information content (AvgIpc) is 2.12. The molecule has 2 unspecified atom stereocenters. The number of nitrogens with two attached hydrogens (primary N) is 1. The summed E-state index contributed by atoms with van der Waals surface area (Å²) in [5.41, 5.74) is 5.62. The van der Waals surface area contributed by atoms with Gasteiger partial charge < -0.3 is 15.6 Å². The molecule has 0 aromatic heterocycles. The van der Waals surface area contributed by atoms with Gasteiger partial charge in [-0.1, -0.05) is 0 Å². The van der Waals surface area contributed by atoms with Gasteiger partial charge in [0.05, 0.1) is 12.7 Å². The first kappa shape index (κ1) is 7.98. The Labute approximate surface area is 61.2 Å². The van der Waals surface area contributed by atoms with Crippen LogP contribution in [0, 0.1) is 0 Å². The summed E-state index contributed by atoms with van der Waals surface area (Å²) in [6, 6.07) is 0. The predicted octanol–water partition coefficient (Wildman–Crippen LogP) is -0.125. The van der Waals surface area contributed by atoms with Gasteiger partial charge in [-0.2, -0.15) is 0 Å². The number of hydrogen-bond acceptors (Lipinski definition) is 3. The van der Waals surface area contributed by atoms with E-state index in [0.29, 0.717) is 13.0 Å². The fraction of sp³-hybridized carbons (Fsp3) is 1.00. The van der Waals surface area contributed by atoms with Crippen molar-refractivity contribution in [1.82, 2.24) is 0 Å². The Morgan fingerprint density at radius 1 is 1.80 bits per heavy atom. The monoisotopic (exact) mass is 145 g/mol. The van der Waals surface area contributed by atoms with E-state index in [9.17, 15) is 0 Å². The molecule has 1 fully saturated rings. The lowest BCUT2D eigenvalue weighted by atomic mass is 9.93. The molecule has 3 N–H and O–H groups in total. The van der Waals surface area contributed by atoms with Gasteiger partial charge in [-0.05, 0) is 19.8 Å². The molecule has 3 heteroatoms. The number of aliphatic hydroxyl groups is 1. The van der Waals surface area contributed by atoms with Crippen LogP contribution in [0.15, 0.2) is 0 Å². The highest BCUT2D eigenvalue weighted by Gasteiger charge is 2.31. The van der Waals surface area contributed by atoms with E-state index in [2.05, 4.69) is 0 Å². The molecule has 0 saturated carbocycles. The van der Waals surface area contributed by atoms with Crippen molar-refractivity contribution in [2.24, 2.45) is 5.73 Å². The van der Waals surface area contributed by atoms with Gasteiger partial charge in [0, 0.05) is 12.1 Å². The minimum Gasteiger partial charge on any atom is -0.393 e. The van der Waals surface area contributed by atoms with Gasteiger partial charge in [0.25, 0.3) is 0 Å². The molecular weight excluding hydrogens is 130 g/mol. The van der Waals surface area contributed by atoms with Gasteiger partial charge in [-0.15, -0.1) is 0 Å². The zero-order valence-electron chi connectivity index (χ0n) is 6.34. The molecule has 1 heterocycles. The van der Waals surface area contributed by atoms with Crippen LogP contribution in [0.3, 0.4) is 0 Å². The van der Waals surface area contributed by atoms with Crippen LogP contribution in [-0.2, 0) is 4.74 Å². The largest absolute Gasteiger partial charge is 0.393 e. The summed E-state index contributed by atoms with van der Waals surface area (Å²) < 4.78 is 5.12. The third-order valence-electron chi connectivity index (χ3n) is 1.84. The summed E-state index contributed by atoms with van der Waals surface area (Å²) in [7, 11) is 0. The zero-order chi connectivity index (χ0) is 7.61. The Kier molecular flexibility index (Phi) is 2.28. The van der Waals surface area contributed by atoms with Crippen molar-refractivity contribution in [1.29, 1.82) is 0 Å². The molecule has 0 spiro atoms. The van der Waals surface area contributed by atoms with Crippen LogP contribution in [0.5, 0.6) is 0 Å². The van der Waals surface area contributed by atoms with Crippen LogP contribution in [0.25, 0.3) is 0 Å². The third-order valence-corrected chi connectivity index (χ3v) is 1.84. The van der Waals surface area contributed by atoms with Crippen LogP contribution in [0.4, 0.5) is 0 Å². The number of rotatable bonds is 2. The number of aliphatic hydroxyl groups excluding tert-OH is 1. The molecule has 0 radical (unpaired) electrons. The maximum atomic E-state index is 9.04. The highest BCUT2D eigenvalue weighted by molar-refractivity contribution is 4.89. The number of hydrogen-bond donors (Lipinski definition) is 2. The molecule has 1 saturated heterocycles. The van der Waals surface area contributed by atoms with Crippen molar-refractivity contribution in [3.05, 3.63) is 0 Å². The van der Waals surface area contributed by atoms with Crippen molar-refractivity contribution in [2.75, 3.05) is 13.2 Å². The minimum atomic E-state index is -0.313. The van der Waals surface area contributed by atoms with Crippen LogP contribution in [0.2, 0.25) is 0 Å². The molecular formula is C7H15NO2. The molecule has 0 amide bonds. The molecule has 10 heavy (non-hydrogen) atoms. The van der Waals surface area contributed by atoms with Crippen molar-refractivity contribution in [2.45, 2.75) is 31.4 Å². The SMILES string of the molecule is CC(O)CC1(N)CCOC1. The lowest BCUT2D eigenvalue weighted by Gasteiger charge is -2.22. The van der Waals surface area contributed by atoms with E-state index >= 15 is 0 Å². The first-order valence-corrected chi connectivity index (χ1v) is 3.67. The van der Waals surface area contributed by atoms with Crippen molar-refractivity contribution < 1.29 is 9.84 Å². The second-order valence-electron chi connectivity index (χ2n) is 3.22. The maximum absolute atomic E-state index is 9.04. The minimum absolute atomic E-state index is 0.256. The van der Waals surface area contributed by atoms with Crippen LogP contribution >= 0.6 is 0 Å². The predicted molar refractivity (Wildman–Crippen MR) is 38.7 cm³/mol. The fourth-order valence-corrected chi connectivity index (χ4v) is 1.37. The molecule has 60 valence electrons. The molecule has 1 aliphatic rings. The average molecular weight is 145 g/mol. The molecule has 3 nitrogen and oxygen atoms in total. The van der Waals surface area contributed by atoms with Crippen molar-refractivity contribution >= 4 is 0 Å². The first-order chi connectivity index (χ1) is 4.62. The van der Waals surface area contributed by atoms with Gasteiger partial charge in [-0.3, -0.25) is 0 Å². The van der Waals surface area contributed by atoms with Crippen molar-refractivity contribution in [3.8, 4) is 0 Å². The lowest BCUT2D eigenvalue weighted by Crippen LogP contribution is -2.42. The molecule has 2 atom stereocenters. The van der Waals surface area contributed by atoms with E-state index in [0.717, 1.165) is 13.0 Å². The first-order valence-electron chi connectivity index (χ1n) is 3.67. The molecule has 0 aromatic carbocycles. The van der Waals surface area contributed by atoms with Crippen LogP contribution < -0.4 is 5.73 Å². The standard InChI is InChI=1S/C7H15NO2/c1-6(9)4-7(8)2-3-10-5-7/h6,9H,2-5,8H2,1H3. The summed E-state index contributed by atoms with van der Waals surface area (Å²) >= 11 is 0. The normalized spacial score (nSPS) is 36.3. The van der Waals surface area contributed by atoms with Crippen LogP contribution in [0.1, 0.15) is 19.8 Å². The third kappa shape index (κ3) is 1.94. The Hall–Kier alpha value is -0.120. The lowest BCUT2D eigenvalue weighted by molar-refractivity contribution is 0.128. The topological polar surface area (TPSA) is 55.5 Å². The van der Waals surface area contributed by atoms with E-state index in [1.807, 2.05) is 0 Å². The van der Waals surface area contributed by atoms with E-state index in [-0.39, 0.29) is 11.6 Å². The molecule has 1 rings (SSSR count). The van der Waals surface area contributed by atoms with Crippen LogP contribution in [-0.4, -0.2) is 30.0 Å². The van der Waals surface area contributed by atoms with Gasteiger partial charge in [0.15, 0.2) is 0 Å². The van der Waals surface area contributed by atoms with E-state index < -0.39 is 0 Å². The zero-order valence-corrected chi connectivity index (χ0v) is 6.34. The van der Waals surface area contributed by atoms with Gasteiger partial charge in [0.2, 0.25) is 0 Å². The number of ether oxygens (including phenoxy) is 1. The summed E-state index contributed by atoms with van der Waals surface area (Å²) in [4.78, 5) is 0. The summed E-state index contributed by atoms with van der Waals surface area (Å²) in [5, 5.41) is 9.04. The Morgan fingerprint density at radius 3 is 2.90 bits per heavy atom. The molecule has 0 aliphatic carbocycles. The maximum Gasteiger partial charge on any atom is 0.0648 e. The van der Waals surface area contributed by atoms with Gasteiger partial charge in [0.1, 0.15) is 0 Å². The van der Waals surface area contributed by atoms with E-state index in [1.165, 1.54) is 0 Å². The summed E-state index contributed by atoms with van der Waals surface area (Å²) in [5.74, 6) is 0. The smallest absolute Gasteiger partial charge is 0.0648 e. The van der Waals surface area contributed by atoms with Crippen molar-refractivity contribution in [3.63, 3.8) is 0 Å². The Morgan fingerprint density at radius 2 is 2.50 bits per heavy atom. The Balaban J connectivity index is 2.36. The van der Waals surface area contributed by atoms with E-state index in [4.69, 9.17) is 15.6 Å². The fourth-order valence-electron chi connectivity index (χ4n) is 1.37. The highest BCUT2D eigenvalue weighted by atomic mass is 16.5.